The van der Waals surface area contributed by atoms with Crippen LogP contribution in [0.3, 0.4) is 0 Å². The van der Waals surface area contributed by atoms with E-state index in [9.17, 15) is 13.2 Å². The first-order chi connectivity index (χ1) is 11.9. The second kappa shape index (κ2) is 7.61. The summed E-state index contributed by atoms with van der Waals surface area (Å²) in [5.74, 6) is 0.291. The van der Waals surface area contributed by atoms with E-state index in [-0.39, 0.29) is 17.2 Å². The van der Waals surface area contributed by atoms with Crippen LogP contribution in [0.25, 0.3) is 0 Å². The Balaban J connectivity index is 1.58. The summed E-state index contributed by atoms with van der Waals surface area (Å²) in [6, 6.07) is 6.35. The van der Waals surface area contributed by atoms with Crippen LogP contribution < -0.4 is 5.32 Å². The maximum Gasteiger partial charge on any atom is 0.230 e. The molecule has 2 aromatic rings. The number of nitrogens with zero attached hydrogens (tertiary/aromatic N) is 2. The van der Waals surface area contributed by atoms with Crippen LogP contribution in [0.5, 0.6) is 0 Å². The molecule has 3 rings (SSSR count). The van der Waals surface area contributed by atoms with Gasteiger partial charge in [0.15, 0.2) is 9.84 Å². The number of benzene rings is 1. The number of amides is 1. The van der Waals surface area contributed by atoms with Crippen molar-refractivity contribution in [1.82, 2.24) is 10.2 Å². The van der Waals surface area contributed by atoms with Gasteiger partial charge in [0.05, 0.1) is 11.3 Å². The summed E-state index contributed by atoms with van der Waals surface area (Å²) < 4.78 is 22.9. The zero-order chi connectivity index (χ0) is 17.9. The second-order valence-corrected chi connectivity index (χ2v) is 9.45. The first-order valence-corrected chi connectivity index (χ1v) is 11.0. The van der Waals surface area contributed by atoms with Gasteiger partial charge in [0, 0.05) is 12.2 Å². The number of hydrogen-bond acceptors (Lipinski definition) is 6. The third-order valence-corrected chi connectivity index (χ3v) is 6.49. The zero-order valence-electron chi connectivity index (χ0n) is 14.1. The molecule has 1 aromatic heterocycles. The Bertz CT molecular complexity index is 838. The molecule has 1 aliphatic rings. The Morgan fingerprint density at radius 1 is 1.16 bits per heavy atom. The van der Waals surface area contributed by atoms with E-state index in [1.165, 1.54) is 42.7 Å². The van der Waals surface area contributed by atoms with Gasteiger partial charge in [0.2, 0.25) is 11.0 Å². The molecule has 8 heteroatoms. The van der Waals surface area contributed by atoms with Crippen LogP contribution in [0, 0.1) is 0 Å². The normalized spacial score (nSPS) is 15.9. The first-order valence-electron chi connectivity index (χ1n) is 8.34. The van der Waals surface area contributed by atoms with E-state index in [0.29, 0.717) is 11.0 Å². The Morgan fingerprint density at radius 2 is 1.84 bits per heavy atom. The Hall–Kier alpha value is -1.80. The fourth-order valence-corrected chi connectivity index (χ4v) is 4.56. The highest BCUT2D eigenvalue weighted by Crippen LogP contribution is 2.35. The predicted molar refractivity (Wildman–Crippen MR) is 97.6 cm³/mol. The molecular weight excluding hydrogens is 358 g/mol. The topological polar surface area (TPSA) is 89.0 Å². The number of rotatable bonds is 5. The summed E-state index contributed by atoms with van der Waals surface area (Å²) >= 11 is 1.45. The number of anilines is 1. The summed E-state index contributed by atoms with van der Waals surface area (Å²) in [4.78, 5) is 12.4. The zero-order valence-corrected chi connectivity index (χ0v) is 15.7. The molecule has 134 valence electrons. The highest BCUT2D eigenvalue weighted by Gasteiger charge is 2.20. The number of aromatic nitrogens is 2. The quantitative estimate of drug-likeness (QED) is 0.862. The van der Waals surface area contributed by atoms with Gasteiger partial charge in [-0.25, -0.2) is 8.42 Å². The molecule has 0 aliphatic heterocycles. The average Bonchev–Trinajstić information content (AvgIpc) is 3.03. The molecule has 1 saturated carbocycles. The minimum atomic E-state index is -3.22. The maximum absolute atomic E-state index is 12.2. The summed E-state index contributed by atoms with van der Waals surface area (Å²) in [7, 11) is -3.22. The minimum Gasteiger partial charge on any atom is -0.300 e. The van der Waals surface area contributed by atoms with E-state index in [4.69, 9.17) is 0 Å². The fourth-order valence-electron chi connectivity index (χ4n) is 3.00. The molecule has 1 aliphatic carbocycles. The second-order valence-electron chi connectivity index (χ2n) is 6.42. The van der Waals surface area contributed by atoms with Crippen molar-refractivity contribution in [2.24, 2.45) is 0 Å². The summed E-state index contributed by atoms with van der Waals surface area (Å²) in [6.07, 6.45) is 7.38. The SMILES string of the molecule is CS(=O)(=O)c1ccc(CC(=O)Nc2nnc(C3CCCCC3)s2)cc1. The number of carbonyl (C=O) groups excluding carboxylic acids is 1. The van der Waals surface area contributed by atoms with E-state index in [0.717, 1.165) is 29.7 Å². The van der Waals surface area contributed by atoms with Crippen molar-refractivity contribution in [3.63, 3.8) is 0 Å². The van der Waals surface area contributed by atoms with Gasteiger partial charge in [-0.1, -0.05) is 42.7 Å². The standard InChI is InChI=1S/C17H21N3O3S2/c1-25(22,23)14-9-7-12(8-10-14)11-15(21)18-17-20-19-16(24-17)13-5-3-2-4-6-13/h7-10,13H,2-6,11H2,1H3,(H,18,20,21). The van der Waals surface area contributed by atoms with E-state index >= 15 is 0 Å². The highest BCUT2D eigenvalue weighted by atomic mass is 32.2. The molecule has 25 heavy (non-hydrogen) atoms. The van der Waals surface area contributed by atoms with Crippen molar-refractivity contribution in [2.75, 3.05) is 11.6 Å². The van der Waals surface area contributed by atoms with Crippen molar-refractivity contribution >= 4 is 32.2 Å². The third kappa shape index (κ3) is 4.85. The monoisotopic (exact) mass is 379 g/mol. The maximum atomic E-state index is 12.2. The Labute approximate surface area is 151 Å². The van der Waals surface area contributed by atoms with Gasteiger partial charge >= 0.3 is 0 Å². The number of nitrogens with one attached hydrogen (secondary N) is 1. The smallest absolute Gasteiger partial charge is 0.230 e. The molecule has 0 unspecified atom stereocenters. The average molecular weight is 380 g/mol. The van der Waals surface area contributed by atoms with E-state index in [1.54, 1.807) is 12.1 Å². The van der Waals surface area contributed by atoms with Gasteiger partial charge in [0.25, 0.3) is 0 Å². The molecule has 0 radical (unpaired) electrons. The molecule has 0 bridgehead atoms. The van der Waals surface area contributed by atoms with E-state index < -0.39 is 9.84 Å². The van der Waals surface area contributed by atoms with Gasteiger partial charge in [-0.2, -0.15) is 0 Å². The third-order valence-electron chi connectivity index (χ3n) is 4.36. The molecule has 0 atom stereocenters. The number of hydrogen-bond donors (Lipinski definition) is 1. The molecule has 1 amide bonds. The van der Waals surface area contributed by atoms with Crippen LogP contribution in [0.15, 0.2) is 29.2 Å². The van der Waals surface area contributed by atoms with Crippen LogP contribution >= 0.6 is 11.3 Å². The first kappa shape index (κ1) is 18.0. The summed E-state index contributed by atoms with van der Waals surface area (Å²) in [6.45, 7) is 0. The largest absolute Gasteiger partial charge is 0.300 e. The molecule has 1 fully saturated rings. The minimum absolute atomic E-state index is 0.169. The Kier molecular flexibility index (Phi) is 5.48. The van der Waals surface area contributed by atoms with Crippen molar-refractivity contribution in [1.29, 1.82) is 0 Å². The molecule has 1 aromatic carbocycles. The lowest BCUT2D eigenvalue weighted by molar-refractivity contribution is -0.115. The fraction of sp³-hybridized carbons (Fsp3) is 0.471. The Morgan fingerprint density at radius 3 is 2.48 bits per heavy atom. The molecule has 1 heterocycles. The molecule has 0 spiro atoms. The van der Waals surface area contributed by atoms with Crippen molar-refractivity contribution in [3.05, 3.63) is 34.8 Å². The molecule has 1 N–H and O–H groups in total. The van der Waals surface area contributed by atoms with Crippen molar-refractivity contribution in [2.45, 2.75) is 49.3 Å². The molecule has 6 nitrogen and oxygen atoms in total. The van der Waals surface area contributed by atoms with Crippen molar-refractivity contribution in [3.8, 4) is 0 Å². The number of carbonyl (C=O) groups is 1. The van der Waals surface area contributed by atoms with Gasteiger partial charge in [-0.15, -0.1) is 10.2 Å². The van der Waals surface area contributed by atoms with Crippen LogP contribution in [0.2, 0.25) is 0 Å². The number of sulfone groups is 1. The van der Waals surface area contributed by atoms with Crippen LogP contribution in [-0.2, 0) is 21.1 Å². The van der Waals surface area contributed by atoms with E-state index in [1.807, 2.05) is 0 Å². The van der Waals surface area contributed by atoms with Gasteiger partial charge in [-0.05, 0) is 30.5 Å². The van der Waals surface area contributed by atoms with Gasteiger partial charge in [0.1, 0.15) is 5.01 Å². The van der Waals surface area contributed by atoms with E-state index in [2.05, 4.69) is 15.5 Å². The lowest BCUT2D eigenvalue weighted by Crippen LogP contribution is -2.14. The molecule has 0 saturated heterocycles. The van der Waals surface area contributed by atoms with Crippen molar-refractivity contribution < 1.29 is 13.2 Å². The molecular formula is C17H21N3O3S2. The highest BCUT2D eigenvalue weighted by molar-refractivity contribution is 7.90. The van der Waals surface area contributed by atoms with Gasteiger partial charge < -0.3 is 5.32 Å². The van der Waals surface area contributed by atoms with Crippen LogP contribution in [-0.4, -0.2) is 30.8 Å². The van der Waals surface area contributed by atoms with Crippen LogP contribution in [0.4, 0.5) is 5.13 Å². The van der Waals surface area contributed by atoms with Crippen LogP contribution in [0.1, 0.15) is 48.6 Å². The summed E-state index contributed by atoms with van der Waals surface area (Å²) in [5.41, 5.74) is 0.752. The summed E-state index contributed by atoms with van der Waals surface area (Å²) in [5, 5.41) is 12.6. The predicted octanol–water partition coefficient (Wildman–Crippen LogP) is 3.17. The lowest BCUT2D eigenvalue weighted by Gasteiger charge is -2.18. The van der Waals surface area contributed by atoms with Gasteiger partial charge in [-0.3, -0.25) is 4.79 Å². The lowest BCUT2D eigenvalue weighted by atomic mass is 9.90.